The molecule has 1 heterocycles. The van der Waals surface area contributed by atoms with Gasteiger partial charge in [0, 0.05) is 55.0 Å². The van der Waals surface area contributed by atoms with Gasteiger partial charge in [-0.25, -0.2) is 0 Å². The summed E-state index contributed by atoms with van der Waals surface area (Å²) in [4.78, 5) is 1.75. The summed E-state index contributed by atoms with van der Waals surface area (Å²) in [6.07, 6.45) is -2.58. The molecule has 17 heavy (non-hydrogen) atoms. The Bertz CT molecular complexity index is 273. The topological polar surface area (TPSA) is 32.3 Å². The smallest absolute Gasteiger partial charge is 0.315 e. The Morgan fingerprint density at radius 2 is 2.18 bits per heavy atom. The number of nitrogens with zero attached hydrogens (tertiary/aromatic N) is 1. The van der Waals surface area contributed by atoms with Gasteiger partial charge in [-0.1, -0.05) is 0 Å². The van der Waals surface area contributed by atoms with E-state index in [2.05, 4.69) is 5.32 Å². The van der Waals surface area contributed by atoms with E-state index in [4.69, 9.17) is 0 Å². The third-order valence-electron chi connectivity index (χ3n) is 3.02. The number of rotatable bonds is 3. The van der Waals surface area contributed by atoms with E-state index in [1.165, 1.54) is 0 Å². The molecule has 3 atom stereocenters. The molecule has 102 valence electrons. The molecule has 3 nitrogen and oxygen atoms in total. The molecule has 1 N–H and O–H groups in total. The first-order chi connectivity index (χ1) is 7.80. The minimum atomic E-state index is -4.16. The van der Waals surface area contributed by atoms with E-state index >= 15 is 0 Å². The van der Waals surface area contributed by atoms with Gasteiger partial charge in [-0.2, -0.15) is 13.2 Å². The summed E-state index contributed by atoms with van der Waals surface area (Å²) in [6, 6.07) is 0. The fourth-order valence-electron chi connectivity index (χ4n) is 1.83. The molecule has 0 aromatic rings. The molecule has 3 unspecified atom stereocenters. The second kappa shape index (κ2) is 6.15. The van der Waals surface area contributed by atoms with E-state index in [9.17, 15) is 17.4 Å². The van der Waals surface area contributed by atoms with E-state index in [0.717, 1.165) is 0 Å². The molecule has 1 saturated heterocycles. The van der Waals surface area contributed by atoms with Crippen molar-refractivity contribution >= 4 is 10.8 Å². The number of hydrogen-bond acceptors (Lipinski definition) is 3. The zero-order chi connectivity index (χ0) is 13.1. The third-order valence-corrected chi connectivity index (χ3v) is 4.30. The number of halogens is 3. The minimum absolute atomic E-state index is 0.00194. The second-order valence-electron chi connectivity index (χ2n) is 4.51. The van der Waals surface area contributed by atoms with E-state index in [1.54, 1.807) is 18.1 Å². The van der Waals surface area contributed by atoms with Crippen LogP contribution in [0, 0.1) is 5.92 Å². The normalized spacial score (nSPS) is 27.5. The van der Waals surface area contributed by atoms with Gasteiger partial charge in [-0.3, -0.25) is 4.21 Å². The molecular formula is C10H19F3N2OS. The monoisotopic (exact) mass is 272 g/mol. The Kier molecular flexibility index (Phi) is 5.40. The van der Waals surface area contributed by atoms with Crippen molar-refractivity contribution in [3.05, 3.63) is 0 Å². The zero-order valence-corrected chi connectivity index (χ0v) is 10.9. The van der Waals surface area contributed by atoms with Crippen molar-refractivity contribution in [2.45, 2.75) is 18.3 Å². The fraction of sp³-hybridized carbons (Fsp3) is 1.00. The Morgan fingerprint density at radius 3 is 2.71 bits per heavy atom. The van der Waals surface area contributed by atoms with Crippen LogP contribution in [0.1, 0.15) is 6.92 Å². The Labute approximate surface area is 102 Å². The van der Waals surface area contributed by atoms with Crippen LogP contribution in [0.25, 0.3) is 0 Å². The number of nitrogens with one attached hydrogen (secondary N) is 1. The lowest BCUT2D eigenvalue weighted by Gasteiger charge is -2.26. The highest BCUT2D eigenvalue weighted by Crippen LogP contribution is 2.27. The molecule has 0 aromatic carbocycles. The highest BCUT2D eigenvalue weighted by molar-refractivity contribution is 7.84. The SMILES string of the molecule is CC(CN1CCNCC(C(F)(F)F)C1)S(C)=O. The molecule has 1 aliphatic rings. The van der Waals surface area contributed by atoms with Crippen molar-refractivity contribution in [2.24, 2.45) is 5.92 Å². The van der Waals surface area contributed by atoms with Gasteiger partial charge in [0.25, 0.3) is 0 Å². The summed E-state index contributed by atoms with van der Waals surface area (Å²) in [5.74, 6) is -1.33. The summed E-state index contributed by atoms with van der Waals surface area (Å²) in [5, 5.41) is 2.70. The van der Waals surface area contributed by atoms with E-state index < -0.39 is 22.9 Å². The Hall–Kier alpha value is -0.140. The van der Waals surface area contributed by atoms with Crippen LogP contribution in [0.5, 0.6) is 0 Å². The second-order valence-corrected chi connectivity index (χ2v) is 6.31. The van der Waals surface area contributed by atoms with Crippen LogP contribution in [0.3, 0.4) is 0 Å². The molecule has 0 bridgehead atoms. The summed E-state index contributed by atoms with van der Waals surface area (Å²) in [6.45, 7) is 3.36. The lowest BCUT2D eigenvalue weighted by atomic mass is 10.1. The van der Waals surface area contributed by atoms with E-state index in [1.807, 2.05) is 0 Å². The average molecular weight is 272 g/mol. The van der Waals surface area contributed by atoms with Crippen LogP contribution in [-0.4, -0.2) is 59.5 Å². The fourth-order valence-corrected chi connectivity index (χ4v) is 2.26. The highest BCUT2D eigenvalue weighted by Gasteiger charge is 2.41. The van der Waals surface area contributed by atoms with Gasteiger partial charge < -0.3 is 10.2 Å². The average Bonchev–Trinajstić information content (AvgIpc) is 2.42. The van der Waals surface area contributed by atoms with E-state index in [0.29, 0.717) is 19.6 Å². The lowest BCUT2D eigenvalue weighted by Crippen LogP contribution is -2.41. The zero-order valence-electron chi connectivity index (χ0n) is 10.1. The van der Waals surface area contributed by atoms with Crippen LogP contribution >= 0.6 is 0 Å². The quantitative estimate of drug-likeness (QED) is 0.826. The molecule has 0 aromatic heterocycles. The maximum Gasteiger partial charge on any atom is 0.394 e. The van der Waals surface area contributed by atoms with Crippen molar-refractivity contribution in [2.75, 3.05) is 39.0 Å². The highest BCUT2D eigenvalue weighted by atomic mass is 32.2. The molecule has 1 aliphatic heterocycles. The minimum Gasteiger partial charge on any atom is -0.315 e. The van der Waals surface area contributed by atoms with Crippen molar-refractivity contribution in [3.8, 4) is 0 Å². The van der Waals surface area contributed by atoms with Crippen LogP contribution in [0.2, 0.25) is 0 Å². The van der Waals surface area contributed by atoms with Gasteiger partial charge in [0.1, 0.15) is 0 Å². The van der Waals surface area contributed by atoms with Gasteiger partial charge >= 0.3 is 6.18 Å². The molecule has 7 heteroatoms. The predicted octanol–water partition coefficient (Wildman–Crippen LogP) is 0.837. The van der Waals surface area contributed by atoms with Crippen molar-refractivity contribution in [1.82, 2.24) is 10.2 Å². The maximum atomic E-state index is 12.7. The molecule has 0 amide bonds. The summed E-state index contributed by atoms with van der Waals surface area (Å²) < 4.78 is 49.2. The largest absolute Gasteiger partial charge is 0.394 e. The van der Waals surface area contributed by atoms with Gasteiger partial charge in [0.2, 0.25) is 0 Å². The molecule has 0 saturated carbocycles. The van der Waals surface area contributed by atoms with Crippen LogP contribution in [-0.2, 0) is 10.8 Å². The van der Waals surface area contributed by atoms with Crippen molar-refractivity contribution in [1.29, 1.82) is 0 Å². The van der Waals surface area contributed by atoms with Gasteiger partial charge in [0.05, 0.1) is 5.92 Å². The lowest BCUT2D eigenvalue weighted by molar-refractivity contribution is -0.175. The van der Waals surface area contributed by atoms with E-state index in [-0.39, 0.29) is 18.3 Å². The Balaban J connectivity index is 2.57. The molecule has 0 spiro atoms. The predicted molar refractivity (Wildman–Crippen MR) is 62.4 cm³/mol. The molecule has 1 fully saturated rings. The summed E-state index contributed by atoms with van der Waals surface area (Å²) in [5.41, 5.74) is 0. The van der Waals surface area contributed by atoms with Crippen LogP contribution < -0.4 is 5.32 Å². The van der Waals surface area contributed by atoms with Gasteiger partial charge in [-0.15, -0.1) is 0 Å². The molecule has 0 aliphatic carbocycles. The van der Waals surface area contributed by atoms with Gasteiger partial charge in [0.15, 0.2) is 0 Å². The third kappa shape index (κ3) is 4.93. The maximum absolute atomic E-state index is 12.7. The van der Waals surface area contributed by atoms with Crippen LogP contribution in [0.4, 0.5) is 13.2 Å². The first kappa shape index (κ1) is 14.9. The summed E-state index contributed by atoms with van der Waals surface area (Å²) in [7, 11) is -0.993. The summed E-state index contributed by atoms with van der Waals surface area (Å²) >= 11 is 0. The van der Waals surface area contributed by atoms with Gasteiger partial charge in [-0.05, 0) is 6.92 Å². The molecular weight excluding hydrogens is 253 g/mol. The number of hydrogen-bond donors (Lipinski definition) is 1. The standard InChI is InChI=1S/C10H19F3N2OS/c1-8(17(2)16)6-15-4-3-14-5-9(7-15)10(11,12)13/h8-9,14H,3-7H2,1-2H3. The number of alkyl halides is 3. The Morgan fingerprint density at radius 1 is 1.53 bits per heavy atom. The van der Waals surface area contributed by atoms with Crippen molar-refractivity contribution in [3.63, 3.8) is 0 Å². The van der Waals surface area contributed by atoms with Crippen LogP contribution in [0.15, 0.2) is 0 Å². The first-order valence-electron chi connectivity index (χ1n) is 5.62. The first-order valence-corrected chi connectivity index (χ1v) is 7.25. The van der Waals surface area contributed by atoms with Crippen molar-refractivity contribution < 1.29 is 17.4 Å². The molecule has 1 rings (SSSR count). The molecule has 0 radical (unpaired) electrons.